The first-order valence-electron chi connectivity index (χ1n) is 8.86. The fraction of sp³-hybridized carbons (Fsp3) is 0.368. The van der Waals surface area contributed by atoms with Crippen LogP contribution in [0.5, 0.6) is 0 Å². The Balaban J connectivity index is 1.33. The van der Waals surface area contributed by atoms with Crippen LogP contribution in [0.1, 0.15) is 24.9 Å². The van der Waals surface area contributed by atoms with E-state index in [1.54, 1.807) is 12.5 Å². The lowest BCUT2D eigenvalue weighted by atomic mass is 9.83. The van der Waals surface area contributed by atoms with Crippen molar-refractivity contribution in [2.24, 2.45) is 0 Å². The number of nitrogens with zero attached hydrogens (tertiary/aromatic N) is 2. The number of hydrogen-bond donors (Lipinski definition) is 2. The average Bonchev–Trinajstić information content (AvgIpc) is 3.30. The van der Waals surface area contributed by atoms with Crippen LogP contribution in [-0.2, 0) is 11.3 Å². The Bertz CT molecular complexity index is 874. The van der Waals surface area contributed by atoms with E-state index in [1.165, 1.54) is 0 Å². The normalized spacial score (nSPS) is 22.1. The van der Waals surface area contributed by atoms with Crippen molar-refractivity contribution in [3.8, 4) is 0 Å². The Morgan fingerprint density at radius 1 is 1.42 bits per heavy atom. The van der Waals surface area contributed by atoms with Gasteiger partial charge in [0.25, 0.3) is 0 Å². The molecular weight excluding hydrogens is 332 g/mol. The molecule has 2 N–H and O–H groups in total. The number of aromatic nitrogens is 2. The second kappa shape index (κ2) is 7.21. The van der Waals surface area contributed by atoms with Gasteiger partial charge >= 0.3 is 6.03 Å². The van der Waals surface area contributed by atoms with Crippen molar-refractivity contribution >= 4 is 17.0 Å². The molecule has 1 aliphatic carbocycles. The molecule has 0 saturated heterocycles. The number of amides is 2. The summed E-state index contributed by atoms with van der Waals surface area (Å²) in [5.41, 5.74) is 1.87. The second-order valence-corrected chi connectivity index (χ2v) is 6.43. The molecule has 2 aromatic heterocycles. The zero-order chi connectivity index (χ0) is 17.9. The molecule has 1 fully saturated rings. The number of carbonyl (C=O) groups excluding carboxylic acids is 1. The summed E-state index contributed by atoms with van der Waals surface area (Å²) in [6, 6.07) is 9.51. The zero-order valence-corrected chi connectivity index (χ0v) is 14.6. The maximum absolute atomic E-state index is 12.3. The van der Waals surface area contributed by atoms with Gasteiger partial charge in [-0.25, -0.2) is 4.79 Å². The molecule has 2 amide bonds. The minimum absolute atomic E-state index is 0.00260. The van der Waals surface area contributed by atoms with Gasteiger partial charge in [-0.1, -0.05) is 6.07 Å². The van der Waals surface area contributed by atoms with E-state index in [9.17, 15) is 4.79 Å². The molecule has 7 nitrogen and oxygen atoms in total. The molecule has 1 saturated carbocycles. The van der Waals surface area contributed by atoms with Crippen LogP contribution in [0.2, 0.25) is 0 Å². The van der Waals surface area contributed by atoms with Gasteiger partial charge in [0.1, 0.15) is 5.58 Å². The summed E-state index contributed by atoms with van der Waals surface area (Å²) in [6.07, 6.45) is 6.17. The fourth-order valence-corrected chi connectivity index (χ4v) is 3.46. The highest BCUT2D eigenvalue weighted by atomic mass is 16.5. The number of urea groups is 1. The van der Waals surface area contributed by atoms with Crippen molar-refractivity contribution in [2.45, 2.75) is 38.1 Å². The van der Waals surface area contributed by atoms with Crippen molar-refractivity contribution < 1.29 is 13.9 Å². The number of hydrogen-bond acceptors (Lipinski definition) is 4. The first kappa shape index (κ1) is 16.7. The van der Waals surface area contributed by atoms with E-state index in [-0.39, 0.29) is 24.2 Å². The molecule has 136 valence electrons. The lowest BCUT2D eigenvalue weighted by molar-refractivity contribution is -0.0574. The Labute approximate surface area is 151 Å². The fourth-order valence-electron chi connectivity index (χ4n) is 3.46. The van der Waals surface area contributed by atoms with Gasteiger partial charge < -0.3 is 19.8 Å². The van der Waals surface area contributed by atoms with E-state index in [0.29, 0.717) is 13.2 Å². The van der Waals surface area contributed by atoms with Gasteiger partial charge in [-0.2, -0.15) is 5.10 Å². The molecule has 3 atom stereocenters. The Morgan fingerprint density at radius 3 is 3.15 bits per heavy atom. The maximum Gasteiger partial charge on any atom is 0.315 e. The molecular formula is C19H22N4O3. The molecule has 7 heteroatoms. The van der Waals surface area contributed by atoms with Crippen molar-refractivity contribution in [1.29, 1.82) is 0 Å². The SMILES string of the molecule is CCOC1CC(NC(=O)NCc2ccc3occc3c2)C1n1cccn1. The quantitative estimate of drug-likeness (QED) is 0.713. The highest BCUT2D eigenvalue weighted by molar-refractivity contribution is 5.78. The van der Waals surface area contributed by atoms with Gasteiger partial charge in [-0.3, -0.25) is 4.68 Å². The summed E-state index contributed by atoms with van der Waals surface area (Å²) >= 11 is 0. The van der Waals surface area contributed by atoms with Gasteiger partial charge in [-0.05, 0) is 43.2 Å². The molecule has 1 aromatic carbocycles. The van der Waals surface area contributed by atoms with Gasteiger partial charge in [-0.15, -0.1) is 0 Å². The summed E-state index contributed by atoms with van der Waals surface area (Å²) < 4.78 is 12.9. The molecule has 4 rings (SSSR count). The summed E-state index contributed by atoms with van der Waals surface area (Å²) in [5, 5.41) is 11.3. The van der Waals surface area contributed by atoms with Crippen LogP contribution in [0.25, 0.3) is 11.0 Å². The van der Waals surface area contributed by atoms with Crippen LogP contribution in [-0.4, -0.2) is 34.6 Å². The zero-order valence-electron chi connectivity index (χ0n) is 14.6. The van der Waals surface area contributed by atoms with Gasteiger partial charge in [0.05, 0.1) is 24.5 Å². The van der Waals surface area contributed by atoms with Crippen LogP contribution in [0.4, 0.5) is 4.79 Å². The van der Waals surface area contributed by atoms with Crippen molar-refractivity contribution in [3.05, 3.63) is 54.6 Å². The van der Waals surface area contributed by atoms with Crippen molar-refractivity contribution in [2.75, 3.05) is 6.61 Å². The average molecular weight is 354 g/mol. The number of fused-ring (bicyclic) bond motifs is 1. The first-order valence-corrected chi connectivity index (χ1v) is 8.86. The number of carbonyl (C=O) groups is 1. The van der Waals surface area contributed by atoms with E-state index >= 15 is 0 Å². The van der Waals surface area contributed by atoms with Crippen LogP contribution in [0.3, 0.4) is 0 Å². The number of rotatable bonds is 6. The molecule has 3 aromatic rings. The Kier molecular flexibility index (Phi) is 4.62. The predicted molar refractivity (Wildman–Crippen MR) is 96.7 cm³/mol. The monoisotopic (exact) mass is 354 g/mol. The lowest BCUT2D eigenvalue weighted by Crippen LogP contribution is -2.58. The Morgan fingerprint density at radius 2 is 2.35 bits per heavy atom. The van der Waals surface area contributed by atoms with Gasteiger partial charge in [0.2, 0.25) is 0 Å². The molecule has 0 spiro atoms. The third-order valence-electron chi connectivity index (χ3n) is 4.78. The smallest absolute Gasteiger partial charge is 0.315 e. The van der Waals surface area contributed by atoms with E-state index < -0.39 is 0 Å². The minimum Gasteiger partial charge on any atom is -0.464 e. The lowest BCUT2D eigenvalue weighted by Gasteiger charge is -2.44. The third kappa shape index (κ3) is 3.30. The molecule has 2 heterocycles. The molecule has 0 bridgehead atoms. The topological polar surface area (TPSA) is 81.3 Å². The van der Waals surface area contributed by atoms with E-state index in [1.807, 2.05) is 48.1 Å². The number of furan rings is 1. The van der Waals surface area contributed by atoms with Gasteiger partial charge in [0.15, 0.2) is 0 Å². The van der Waals surface area contributed by atoms with Crippen molar-refractivity contribution in [1.82, 2.24) is 20.4 Å². The molecule has 3 unspecified atom stereocenters. The number of benzene rings is 1. The molecule has 26 heavy (non-hydrogen) atoms. The molecule has 1 aliphatic rings. The van der Waals surface area contributed by atoms with E-state index in [0.717, 1.165) is 23.0 Å². The predicted octanol–water partition coefficient (Wildman–Crippen LogP) is 2.85. The minimum atomic E-state index is -0.186. The van der Waals surface area contributed by atoms with E-state index in [2.05, 4.69) is 15.7 Å². The van der Waals surface area contributed by atoms with Crippen LogP contribution in [0, 0.1) is 0 Å². The van der Waals surface area contributed by atoms with Crippen LogP contribution >= 0.6 is 0 Å². The summed E-state index contributed by atoms with van der Waals surface area (Å²) in [4.78, 5) is 12.3. The number of nitrogens with one attached hydrogen (secondary N) is 2. The summed E-state index contributed by atoms with van der Waals surface area (Å²) in [7, 11) is 0. The van der Waals surface area contributed by atoms with Crippen LogP contribution < -0.4 is 10.6 Å². The number of ether oxygens (including phenoxy) is 1. The first-order chi connectivity index (χ1) is 12.7. The van der Waals surface area contributed by atoms with Crippen molar-refractivity contribution in [3.63, 3.8) is 0 Å². The second-order valence-electron chi connectivity index (χ2n) is 6.43. The molecule has 0 radical (unpaired) electrons. The summed E-state index contributed by atoms with van der Waals surface area (Å²) in [6.45, 7) is 3.09. The third-order valence-corrected chi connectivity index (χ3v) is 4.78. The van der Waals surface area contributed by atoms with Gasteiger partial charge in [0, 0.05) is 30.9 Å². The maximum atomic E-state index is 12.3. The highest BCUT2D eigenvalue weighted by Crippen LogP contribution is 2.34. The van der Waals surface area contributed by atoms with Crippen LogP contribution in [0.15, 0.2) is 53.4 Å². The standard InChI is InChI=1S/C19H22N4O3/c1-2-25-17-11-15(18(17)23-8-3-7-21-23)22-19(24)20-12-13-4-5-16-14(10-13)6-9-26-16/h3-10,15,17-18H,2,11-12H2,1H3,(H2,20,22,24). The Hall–Kier alpha value is -2.80. The summed E-state index contributed by atoms with van der Waals surface area (Å²) in [5.74, 6) is 0. The highest BCUT2D eigenvalue weighted by Gasteiger charge is 2.44. The largest absolute Gasteiger partial charge is 0.464 e. The van der Waals surface area contributed by atoms with E-state index in [4.69, 9.17) is 9.15 Å². The molecule has 0 aliphatic heterocycles.